The molecule has 2 bridgehead atoms. The number of benzene rings is 1. The third-order valence-electron chi connectivity index (χ3n) is 7.65. The van der Waals surface area contributed by atoms with Gasteiger partial charge in [0.25, 0.3) is 0 Å². The molecule has 1 aliphatic carbocycles. The van der Waals surface area contributed by atoms with Crippen LogP contribution >= 0.6 is 0 Å². The summed E-state index contributed by atoms with van der Waals surface area (Å²) in [6.45, 7) is 7.10. The Morgan fingerprint density at radius 1 is 1.04 bits per heavy atom. The Morgan fingerprint density at radius 2 is 1.68 bits per heavy atom. The van der Waals surface area contributed by atoms with Crippen molar-refractivity contribution in [3.05, 3.63) is 42.0 Å². The first-order valence-electron chi connectivity index (χ1n) is 11.0. The molecule has 2 heterocycles. The van der Waals surface area contributed by atoms with Crippen LogP contribution in [0.1, 0.15) is 64.4 Å². The van der Waals surface area contributed by atoms with Crippen molar-refractivity contribution in [2.75, 3.05) is 13.1 Å². The van der Waals surface area contributed by atoms with Crippen molar-refractivity contribution in [3.8, 4) is 0 Å². The van der Waals surface area contributed by atoms with Gasteiger partial charge in [-0.2, -0.15) is 0 Å². The van der Waals surface area contributed by atoms with Gasteiger partial charge in [-0.15, -0.1) is 0 Å². The van der Waals surface area contributed by atoms with Crippen LogP contribution in [0.5, 0.6) is 0 Å². The van der Waals surface area contributed by atoms with Crippen LogP contribution in [-0.4, -0.2) is 41.7 Å². The zero-order valence-electron chi connectivity index (χ0n) is 17.3. The van der Waals surface area contributed by atoms with E-state index in [1.165, 1.54) is 41.6 Å². The highest BCUT2D eigenvalue weighted by molar-refractivity contribution is 5.89. The number of hydrogen-bond donors (Lipinski definition) is 0. The number of carbonyl (C=O) groups is 1. The van der Waals surface area contributed by atoms with E-state index in [0.29, 0.717) is 12.1 Å². The molecule has 0 spiro atoms. The molecule has 3 atom stereocenters. The van der Waals surface area contributed by atoms with Crippen LogP contribution in [0, 0.1) is 5.92 Å². The molecule has 154 valence electrons. The average molecular weight is 448 g/mol. The van der Waals surface area contributed by atoms with E-state index in [0.717, 1.165) is 32.1 Å². The molecule has 2 fully saturated rings. The van der Waals surface area contributed by atoms with Gasteiger partial charge in [-0.3, -0.25) is 4.79 Å². The lowest BCUT2D eigenvalue weighted by atomic mass is 9.83. The topological polar surface area (TPSA) is 26.3 Å². The van der Waals surface area contributed by atoms with Crippen LogP contribution in [-0.2, 0) is 9.53 Å². The van der Waals surface area contributed by atoms with Crippen LogP contribution in [0.3, 0.4) is 0 Å². The molecular weight excluding hydrogens is 414 g/mol. The molecule has 28 heavy (non-hydrogen) atoms. The third kappa shape index (κ3) is 3.82. The summed E-state index contributed by atoms with van der Waals surface area (Å²) in [6, 6.07) is 11.8. The summed E-state index contributed by atoms with van der Waals surface area (Å²) >= 11 is 0. The number of fused-ring (bicyclic) bond motifs is 2. The van der Waals surface area contributed by atoms with E-state index in [1.54, 1.807) is 0 Å². The molecule has 0 radical (unpaired) electrons. The number of hydrogen-bond acceptors (Lipinski definition) is 2. The number of nitrogens with zero attached hydrogens (tertiary/aromatic N) is 1. The van der Waals surface area contributed by atoms with Crippen molar-refractivity contribution < 1.29 is 31.0 Å². The van der Waals surface area contributed by atoms with E-state index in [4.69, 9.17) is 4.74 Å². The van der Waals surface area contributed by atoms with Crippen LogP contribution in [0.25, 0.3) is 5.57 Å². The molecule has 3 unspecified atom stereocenters. The quantitative estimate of drug-likeness (QED) is 0.509. The minimum atomic E-state index is -0.0858. The van der Waals surface area contributed by atoms with Gasteiger partial charge in [0.1, 0.15) is 6.10 Å². The molecule has 2 saturated heterocycles. The first kappa shape index (κ1) is 21.6. The van der Waals surface area contributed by atoms with Gasteiger partial charge in [-0.25, -0.2) is 0 Å². The summed E-state index contributed by atoms with van der Waals surface area (Å²) in [6.07, 6.45) is 10.2. The Kier molecular flexibility index (Phi) is 7.03. The van der Waals surface area contributed by atoms with Crippen molar-refractivity contribution in [1.29, 1.82) is 0 Å². The van der Waals surface area contributed by atoms with E-state index in [2.05, 4.69) is 44.2 Å². The monoisotopic (exact) mass is 447 g/mol. The molecule has 4 rings (SSSR count). The van der Waals surface area contributed by atoms with E-state index in [1.807, 2.05) is 6.07 Å². The fourth-order valence-corrected chi connectivity index (χ4v) is 6.23. The summed E-state index contributed by atoms with van der Waals surface area (Å²) in [5, 5.41) is 0. The molecule has 0 amide bonds. The Hall–Kier alpha value is -1.13. The van der Waals surface area contributed by atoms with Gasteiger partial charge in [0.05, 0.1) is 31.1 Å². The lowest BCUT2D eigenvalue weighted by molar-refractivity contribution is -0.963. The van der Waals surface area contributed by atoms with Gasteiger partial charge < -0.3 is 26.2 Å². The minimum Gasteiger partial charge on any atom is -1.00 e. The Bertz CT molecular complexity index is 682. The second-order valence-corrected chi connectivity index (χ2v) is 8.66. The maximum atomic E-state index is 13.1. The second-order valence-electron chi connectivity index (χ2n) is 8.66. The molecule has 2 aliphatic heterocycles. The zero-order valence-corrected chi connectivity index (χ0v) is 18.9. The van der Waals surface area contributed by atoms with Gasteiger partial charge in [0.2, 0.25) is 0 Å². The predicted octanol–water partition coefficient (Wildman–Crippen LogP) is 1.97. The lowest BCUT2D eigenvalue weighted by Crippen LogP contribution is -3.00. The Morgan fingerprint density at radius 3 is 2.29 bits per heavy atom. The predicted molar refractivity (Wildman–Crippen MR) is 109 cm³/mol. The summed E-state index contributed by atoms with van der Waals surface area (Å²) < 4.78 is 7.41. The summed E-state index contributed by atoms with van der Waals surface area (Å²) in [5.74, 6) is -0.0699. The normalized spacial score (nSPS) is 30.9. The smallest absolute Gasteiger partial charge is 0.313 e. The fraction of sp³-hybridized carbons (Fsp3) is 0.625. The van der Waals surface area contributed by atoms with Crippen LogP contribution in [0.2, 0.25) is 0 Å². The van der Waals surface area contributed by atoms with Crippen LogP contribution in [0.4, 0.5) is 0 Å². The summed E-state index contributed by atoms with van der Waals surface area (Å²) in [5.41, 5.74) is 2.35. The largest absolute Gasteiger partial charge is 1.00 e. The number of allylic oxidation sites excluding steroid dienone is 1. The second kappa shape index (κ2) is 9.13. The van der Waals surface area contributed by atoms with E-state index < -0.39 is 0 Å². The van der Waals surface area contributed by atoms with Crippen molar-refractivity contribution in [1.82, 2.24) is 0 Å². The van der Waals surface area contributed by atoms with Crippen molar-refractivity contribution >= 4 is 11.5 Å². The molecule has 4 heteroatoms. The first-order valence-corrected chi connectivity index (χ1v) is 11.0. The molecule has 1 aromatic carbocycles. The molecule has 0 saturated carbocycles. The number of quaternary nitrogens is 1. The van der Waals surface area contributed by atoms with Crippen LogP contribution in [0.15, 0.2) is 36.4 Å². The SMILES string of the molecule is CC[N+]1(CC)C2CCC1CC(OC(=O)C1CCCC=C1c1ccccc1)C2.[Br-]. The summed E-state index contributed by atoms with van der Waals surface area (Å²) in [7, 11) is 0. The zero-order chi connectivity index (χ0) is 18.9. The van der Waals surface area contributed by atoms with E-state index in [9.17, 15) is 4.79 Å². The molecule has 0 N–H and O–H groups in total. The minimum absolute atomic E-state index is 0. The van der Waals surface area contributed by atoms with Crippen LogP contribution < -0.4 is 17.0 Å². The number of esters is 1. The van der Waals surface area contributed by atoms with Gasteiger partial charge in [0.15, 0.2) is 0 Å². The van der Waals surface area contributed by atoms with Crippen molar-refractivity contribution in [2.45, 2.75) is 77.0 Å². The van der Waals surface area contributed by atoms with Crippen molar-refractivity contribution in [3.63, 3.8) is 0 Å². The number of halogens is 1. The van der Waals surface area contributed by atoms with Gasteiger partial charge >= 0.3 is 5.97 Å². The van der Waals surface area contributed by atoms with Gasteiger partial charge in [-0.05, 0) is 44.2 Å². The molecule has 3 nitrogen and oxygen atoms in total. The lowest BCUT2D eigenvalue weighted by Gasteiger charge is -2.48. The molecular formula is C24H34BrNO2. The fourth-order valence-electron chi connectivity index (χ4n) is 6.23. The third-order valence-corrected chi connectivity index (χ3v) is 7.65. The summed E-state index contributed by atoms with van der Waals surface area (Å²) in [4.78, 5) is 13.1. The molecule has 1 aromatic rings. The number of ether oxygens (including phenoxy) is 1. The number of piperidine rings is 1. The average Bonchev–Trinajstić information content (AvgIpc) is 2.90. The highest BCUT2D eigenvalue weighted by Crippen LogP contribution is 2.44. The Labute approximate surface area is 180 Å². The van der Waals surface area contributed by atoms with Crippen molar-refractivity contribution in [2.24, 2.45) is 5.92 Å². The first-order chi connectivity index (χ1) is 13.2. The highest BCUT2D eigenvalue weighted by atomic mass is 79.9. The van der Waals surface area contributed by atoms with E-state index >= 15 is 0 Å². The maximum Gasteiger partial charge on any atom is 0.313 e. The standard InChI is InChI=1S/C24H34NO2.BrH/c1-3-25(4-2)19-14-15-20(25)17-21(16-19)27-24(26)23-13-9-8-12-22(23)18-10-6-5-7-11-18;/h5-7,10-12,19-21,23H,3-4,8-9,13-17H2,1-2H3;1H/q+1;/p-1. The van der Waals surface area contributed by atoms with E-state index in [-0.39, 0.29) is 35.0 Å². The number of carbonyl (C=O) groups excluding carboxylic acids is 1. The number of rotatable bonds is 5. The van der Waals surface area contributed by atoms with Gasteiger partial charge in [0, 0.05) is 25.7 Å². The molecule has 3 aliphatic rings. The van der Waals surface area contributed by atoms with Gasteiger partial charge in [-0.1, -0.05) is 36.4 Å². The maximum absolute atomic E-state index is 13.1. The highest BCUT2D eigenvalue weighted by Gasteiger charge is 2.53. The molecule has 0 aromatic heterocycles. The Balaban J connectivity index is 0.00000225.